The maximum absolute atomic E-state index is 6.32. The maximum atomic E-state index is 6.32. The molecule has 0 aliphatic heterocycles. The molecule has 0 amide bonds. The second kappa shape index (κ2) is 5.54. The molecule has 1 aliphatic rings. The molecule has 0 aromatic carbocycles. The van der Waals surface area contributed by atoms with E-state index in [2.05, 4.69) is 4.98 Å². The van der Waals surface area contributed by atoms with E-state index in [1.807, 2.05) is 20.8 Å². The van der Waals surface area contributed by atoms with E-state index < -0.39 is 5.60 Å². The van der Waals surface area contributed by atoms with Crippen molar-refractivity contribution < 1.29 is 4.74 Å². The van der Waals surface area contributed by atoms with E-state index in [-0.39, 0.29) is 0 Å². The number of ether oxygens (including phenoxy) is 1. The Balaban J connectivity index is 2.40. The summed E-state index contributed by atoms with van der Waals surface area (Å²) < 4.78 is 5.71. The number of nitrogens with zero attached hydrogens (tertiary/aromatic N) is 2. The predicted molar refractivity (Wildman–Crippen MR) is 73.0 cm³/mol. The lowest BCUT2D eigenvalue weighted by molar-refractivity contribution is -0.0209. The van der Waals surface area contributed by atoms with Crippen LogP contribution in [0.5, 0.6) is 0 Å². The Morgan fingerprint density at radius 1 is 1.17 bits per heavy atom. The first-order valence-electron chi connectivity index (χ1n) is 6.74. The quantitative estimate of drug-likeness (QED) is 0.620. The van der Waals surface area contributed by atoms with Gasteiger partial charge < -0.3 is 4.74 Å². The third kappa shape index (κ3) is 2.83. The summed E-state index contributed by atoms with van der Waals surface area (Å²) in [5.41, 5.74) is 1.79. The van der Waals surface area contributed by atoms with Crippen molar-refractivity contribution >= 4 is 11.6 Å². The fraction of sp³-hybridized carbons (Fsp3) is 0.714. The van der Waals surface area contributed by atoms with Gasteiger partial charge in [-0.3, -0.25) is 0 Å². The van der Waals surface area contributed by atoms with Gasteiger partial charge in [0.05, 0.1) is 0 Å². The lowest BCUT2D eigenvalue weighted by atomic mass is 10.1. The predicted octanol–water partition coefficient (Wildman–Crippen LogP) is 3.67. The lowest BCUT2D eigenvalue weighted by Crippen LogP contribution is -2.26. The zero-order chi connectivity index (χ0) is 13.2. The summed E-state index contributed by atoms with van der Waals surface area (Å²) in [4.78, 5) is 9.15. The summed E-state index contributed by atoms with van der Waals surface area (Å²) in [5.74, 6) is 0.704. The van der Waals surface area contributed by atoms with E-state index >= 15 is 0 Å². The van der Waals surface area contributed by atoms with Gasteiger partial charge in [-0.2, -0.15) is 0 Å². The van der Waals surface area contributed by atoms with Gasteiger partial charge in [0.15, 0.2) is 5.82 Å². The average molecular weight is 269 g/mol. The number of halogens is 1. The first kappa shape index (κ1) is 13.8. The van der Waals surface area contributed by atoms with Crippen LogP contribution in [0, 0.1) is 0 Å². The van der Waals surface area contributed by atoms with Gasteiger partial charge in [0.2, 0.25) is 0 Å². The Bertz CT molecular complexity index is 432. The van der Waals surface area contributed by atoms with Gasteiger partial charge in [-0.1, -0.05) is 18.0 Å². The normalized spacial score (nSPS) is 16.2. The molecule has 3 nitrogen and oxygen atoms in total. The van der Waals surface area contributed by atoms with Crippen molar-refractivity contribution in [3.05, 3.63) is 22.2 Å². The van der Waals surface area contributed by atoms with Crippen molar-refractivity contribution in [2.45, 2.75) is 58.5 Å². The van der Waals surface area contributed by atoms with Gasteiger partial charge in [0.1, 0.15) is 10.8 Å². The lowest BCUT2D eigenvalue weighted by Gasteiger charge is -2.24. The standard InChI is InChI=1S/C14H21ClN2O/c1-4-18-14(2,3)13-16-11-9-7-5-6-8-10(11)12(15)17-13/h4-9H2,1-3H3. The molecule has 0 saturated carbocycles. The largest absolute Gasteiger partial charge is 0.368 e. The van der Waals surface area contributed by atoms with Crippen molar-refractivity contribution in [1.82, 2.24) is 9.97 Å². The molecule has 0 saturated heterocycles. The highest BCUT2D eigenvalue weighted by Gasteiger charge is 2.27. The number of aryl methyl sites for hydroxylation is 1. The highest BCUT2D eigenvalue weighted by molar-refractivity contribution is 6.30. The van der Waals surface area contributed by atoms with Crippen LogP contribution in [-0.4, -0.2) is 16.6 Å². The van der Waals surface area contributed by atoms with Gasteiger partial charge in [0.25, 0.3) is 0 Å². The maximum Gasteiger partial charge on any atom is 0.161 e. The second-order valence-corrected chi connectivity index (χ2v) is 5.63. The van der Waals surface area contributed by atoms with Crippen LogP contribution in [0.1, 0.15) is 57.1 Å². The molecule has 1 aromatic rings. The first-order valence-corrected chi connectivity index (χ1v) is 7.12. The summed E-state index contributed by atoms with van der Waals surface area (Å²) in [6.07, 6.45) is 5.63. The van der Waals surface area contributed by atoms with Crippen molar-refractivity contribution in [3.8, 4) is 0 Å². The molecule has 1 aliphatic carbocycles. The smallest absolute Gasteiger partial charge is 0.161 e. The molecular weight excluding hydrogens is 248 g/mol. The zero-order valence-electron chi connectivity index (χ0n) is 11.4. The van der Waals surface area contributed by atoms with E-state index in [1.165, 1.54) is 19.3 Å². The van der Waals surface area contributed by atoms with E-state index in [0.717, 1.165) is 24.1 Å². The summed E-state index contributed by atoms with van der Waals surface area (Å²) in [6.45, 7) is 6.61. The zero-order valence-corrected chi connectivity index (χ0v) is 12.2. The van der Waals surface area contributed by atoms with Crippen LogP contribution in [0.25, 0.3) is 0 Å². The monoisotopic (exact) mass is 268 g/mol. The highest BCUT2D eigenvalue weighted by atomic mass is 35.5. The van der Waals surface area contributed by atoms with Crippen LogP contribution in [-0.2, 0) is 23.2 Å². The SMILES string of the molecule is CCOC(C)(C)c1nc(Cl)c2c(n1)CCCCC2. The van der Waals surface area contributed by atoms with Crippen LogP contribution in [0.2, 0.25) is 5.15 Å². The number of hydrogen-bond acceptors (Lipinski definition) is 3. The van der Waals surface area contributed by atoms with Crippen LogP contribution in [0.15, 0.2) is 0 Å². The molecular formula is C14H21ClN2O. The first-order chi connectivity index (χ1) is 8.54. The number of hydrogen-bond donors (Lipinski definition) is 0. The van der Waals surface area contributed by atoms with Crippen LogP contribution >= 0.6 is 11.6 Å². The molecule has 4 heteroatoms. The fourth-order valence-corrected chi connectivity index (χ4v) is 2.70. The van der Waals surface area contributed by atoms with Crippen molar-refractivity contribution in [1.29, 1.82) is 0 Å². The molecule has 100 valence electrons. The Kier molecular flexibility index (Phi) is 4.23. The van der Waals surface area contributed by atoms with Crippen molar-refractivity contribution in [2.75, 3.05) is 6.61 Å². The van der Waals surface area contributed by atoms with Gasteiger partial charge in [0, 0.05) is 17.9 Å². The van der Waals surface area contributed by atoms with Gasteiger partial charge >= 0.3 is 0 Å². The molecule has 0 unspecified atom stereocenters. The third-order valence-corrected chi connectivity index (χ3v) is 3.74. The minimum atomic E-state index is -0.472. The van der Waals surface area contributed by atoms with E-state index in [4.69, 9.17) is 21.3 Å². The topological polar surface area (TPSA) is 35.0 Å². The van der Waals surface area contributed by atoms with Crippen LogP contribution in [0.3, 0.4) is 0 Å². The Hall–Kier alpha value is -0.670. The number of aromatic nitrogens is 2. The Morgan fingerprint density at radius 2 is 1.89 bits per heavy atom. The summed E-state index contributed by atoms with van der Waals surface area (Å²) in [5, 5.41) is 0.615. The Morgan fingerprint density at radius 3 is 2.61 bits per heavy atom. The molecule has 0 radical (unpaired) electrons. The molecule has 0 fully saturated rings. The van der Waals surface area contributed by atoms with Crippen LogP contribution < -0.4 is 0 Å². The van der Waals surface area contributed by atoms with Crippen LogP contribution in [0.4, 0.5) is 0 Å². The molecule has 0 atom stereocenters. The van der Waals surface area contributed by atoms with Gasteiger partial charge in [-0.15, -0.1) is 0 Å². The fourth-order valence-electron chi connectivity index (χ4n) is 2.42. The van der Waals surface area contributed by atoms with Gasteiger partial charge in [-0.25, -0.2) is 9.97 Å². The number of rotatable bonds is 3. The molecule has 1 aromatic heterocycles. The minimum absolute atomic E-state index is 0.472. The van der Waals surface area contributed by atoms with E-state index in [9.17, 15) is 0 Å². The molecule has 0 bridgehead atoms. The van der Waals surface area contributed by atoms with E-state index in [0.29, 0.717) is 17.6 Å². The minimum Gasteiger partial charge on any atom is -0.368 e. The average Bonchev–Trinajstić information content (AvgIpc) is 2.54. The molecule has 2 rings (SSSR count). The highest BCUT2D eigenvalue weighted by Crippen LogP contribution is 2.29. The Labute approximate surface area is 114 Å². The summed E-state index contributed by atoms with van der Waals surface area (Å²) >= 11 is 6.32. The molecule has 0 spiro atoms. The third-order valence-electron chi connectivity index (χ3n) is 3.43. The second-order valence-electron chi connectivity index (χ2n) is 5.27. The van der Waals surface area contributed by atoms with Crippen molar-refractivity contribution in [2.24, 2.45) is 0 Å². The molecule has 0 N–H and O–H groups in total. The van der Waals surface area contributed by atoms with E-state index in [1.54, 1.807) is 0 Å². The van der Waals surface area contributed by atoms with Gasteiger partial charge in [-0.05, 0) is 46.5 Å². The number of fused-ring (bicyclic) bond motifs is 1. The molecule has 18 heavy (non-hydrogen) atoms. The summed E-state index contributed by atoms with van der Waals surface area (Å²) in [6, 6.07) is 0. The summed E-state index contributed by atoms with van der Waals surface area (Å²) in [7, 11) is 0. The van der Waals surface area contributed by atoms with Crippen molar-refractivity contribution in [3.63, 3.8) is 0 Å². The molecule has 1 heterocycles.